The molecule has 2 aromatic heterocycles. The molecule has 0 spiro atoms. The van der Waals surface area contributed by atoms with E-state index in [4.69, 9.17) is 14.3 Å². The Morgan fingerprint density at radius 3 is 2.93 bits per heavy atom. The van der Waals surface area contributed by atoms with Gasteiger partial charge in [0.25, 0.3) is 0 Å². The quantitative estimate of drug-likeness (QED) is 0.866. The highest BCUT2D eigenvalue weighted by molar-refractivity contribution is 7.09. The van der Waals surface area contributed by atoms with Crippen LogP contribution < -0.4 is 4.74 Å². The molecule has 0 fully saturated rings. The van der Waals surface area contributed by atoms with E-state index in [1.807, 2.05) is 0 Å². The van der Waals surface area contributed by atoms with E-state index in [1.165, 1.54) is 31.0 Å². The Balaban J connectivity index is 2.32. The summed E-state index contributed by atoms with van der Waals surface area (Å²) in [7, 11) is 1.52. The Kier molecular flexibility index (Phi) is 2.42. The number of ether oxygens (including phenoxy) is 1. The molecule has 0 aliphatic heterocycles. The molecule has 0 aromatic carbocycles. The lowest BCUT2D eigenvalue weighted by atomic mass is 10.3. The van der Waals surface area contributed by atoms with Crippen LogP contribution in [0, 0.1) is 0 Å². The summed E-state index contributed by atoms with van der Waals surface area (Å²) < 4.78 is 14.0. The number of rotatable bonds is 3. The summed E-state index contributed by atoms with van der Waals surface area (Å²) in [5.41, 5.74) is 0.123. The van der Waals surface area contributed by atoms with Crippen LogP contribution >= 0.6 is 11.5 Å². The molecule has 6 heteroatoms. The van der Waals surface area contributed by atoms with Crippen LogP contribution in [0.15, 0.2) is 22.8 Å². The van der Waals surface area contributed by atoms with Gasteiger partial charge in [-0.3, -0.25) is 0 Å². The molecule has 0 saturated carbocycles. The van der Waals surface area contributed by atoms with Gasteiger partial charge < -0.3 is 14.3 Å². The number of methoxy groups -OCH3 is 1. The molecule has 0 radical (unpaired) electrons. The van der Waals surface area contributed by atoms with Crippen molar-refractivity contribution in [2.24, 2.45) is 0 Å². The highest BCUT2D eigenvalue weighted by Crippen LogP contribution is 2.29. The molecular weight excluding hydrogens is 218 g/mol. The van der Waals surface area contributed by atoms with E-state index in [0.29, 0.717) is 11.6 Å². The Morgan fingerprint density at radius 1 is 1.60 bits per heavy atom. The Bertz CT molecular complexity index is 488. The normalized spacial score (nSPS) is 10.2. The van der Waals surface area contributed by atoms with Gasteiger partial charge in [-0.05, 0) is 17.6 Å². The summed E-state index contributed by atoms with van der Waals surface area (Å²) in [4.78, 5) is 11.3. The van der Waals surface area contributed by atoms with Gasteiger partial charge >= 0.3 is 5.97 Å². The van der Waals surface area contributed by atoms with Crippen molar-refractivity contribution in [2.45, 2.75) is 0 Å². The summed E-state index contributed by atoms with van der Waals surface area (Å²) in [6.07, 6.45) is 1.20. The van der Waals surface area contributed by atoms with Crippen LogP contribution in [0.2, 0.25) is 0 Å². The van der Waals surface area contributed by atoms with E-state index >= 15 is 0 Å². The molecule has 0 aliphatic carbocycles. The molecule has 15 heavy (non-hydrogen) atoms. The minimum absolute atomic E-state index is 0.123. The minimum atomic E-state index is -1.01. The number of furan rings is 1. The number of carboxylic acid groups (broad SMARTS) is 1. The number of nitrogens with zero attached hydrogens (tertiary/aromatic N) is 1. The van der Waals surface area contributed by atoms with Crippen molar-refractivity contribution in [3.63, 3.8) is 0 Å². The summed E-state index contributed by atoms with van der Waals surface area (Å²) in [6.45, 7) is 0. The fourth-order valence-corrected chi connectivity index (χ4v) is 1.72. The maximum atomic E-state index is 10.6. The highest BCUT2D eigenvalue weighted by Gasteiger charge is 2.12. The van der Waals surface area contributed by atoms with Crippen LogP contribution in [0.5, 0.6) is 5.88 Å². The third kappa shape index (κ3) is 1.84. The lowest BCUT2D eigenvalue weighted by Crippen LogP contribution is -1.91. The van der Waals surface area contributed by atoms with Crippen LogP contribution in [0.25, 0.3) is 10.6 Å². The van der Waals surface area contributed by atoms with Crippen molar-refractivity contribution in [1.82, 2.24) is 4.37 Å². The van der Waals surface area contributed by atoms with Gasteiger partial charge in [0.1, 0.15) is 12.0 Å². The first-order valence-electron chi connectivity index (χ1n) is 4.03. The van der Waals surface area contributed by atoms with Crippen LogP contribution in [0.4, 0.5) is 0 Å². The molecule has 2 heterocycles. The Labute approximate surface area is 89.1 Å². The summed E-state index contributed by atoms with van der Waals surface area (Å²) in [5, 5.41) is 8.70. The molecule has 1 N–H and O–H groups in total. The second-order valence-corrected chi connectivity index (χ2v) is 3.54. The van der Waals surface area contributed by atoms with Gasteiger partial charge in [-0.2, -0.15) is 4.37 Å². The second kappa shape index (κ2) is 3.74. The van der Waals surface area contributed by atoms with Crippen LogP contribution in [0.3, 0.4) is 0 Å². The zero-order valence-corrected chi connectivity index (χ0v) is 8.58. The van der Waals surface area contributed by atoms with E-state index in [1.54, 1.807) is 6.07 Å². The van der Waals surface area contributed by atoms with Gasteiger partial charge in [-0.15, -0.1) is 0 Å². The van der Waals surface area contributed by atoms with Gasteiger partial charge in [0.05, 0.1) is 17.6 Å². The van der Waals surface area contributed by atoms with Gasteiger partial charge in [0.2, 0.25) is 5.88 Å². The van der Waals surface area contributed by atoms with E-state index in [0.717, 1.165) is 4.88 Å². The minimum Gasteiger partial charge on any atom is -0.480 e. The first-order chi connectivity index (χ1) is 7.20. The Hall–Kier alpha value is -1.82. The monoisotopic (exact) mass is 225 g/mol. The standard InChI is InChI=1S/C9H7NO4S/c1-13-8-3-7(15-10-8)6-2-5(4-14-6)9(11)12/h2-4H,1H3,(H,11,12). The molecule has 78 valence electrons. The van der Waals surface area contributed by atoms with E-state index in [9.17, 15) is 4.79 Å². The third-order valence-corrected chi connectivity index (χ3v) is 2.57. The molecule has 0 aliphatic rings. The fraction of sp³-hybridized carbons (Fsp3) is 0.111. The average Bonchev–Trinajstić information content (AvgIpc) is 2.86. The van der Waals surface area contributed by atoms with Crippen molar-refractivity contribution in [1.29, 1.82) is 0 Å². The molecule has 0 saturated heterocycles. The SMILES string of the molecule is COc1cc(-c2cc(C(=O)O)co2)sn1. The zero-order chi connectivity index (χ0) is 10.8. The second-order valence-electron chi connectivity index (χ2n) is 2.74. The molecule has 0 bridgehead atoms. The smallest absolute Gasteiger partial charge is 0.338 e. The third-order valence-electron chi connectivity index (χ3n) is 1.79. The number of aromatic carboxylic acids is 1. The van der Waals surface area contributed by atoms with Crippen LogP contribution in [0.1, 0.15) is 10.4 Å². The van der Waals surface area contributed by atoms with E-state index < -0.39 is 5.97 Å². The molecule has 0 amide bonds. The predicted molar refractivity (Wildman–Crippen MR) is 53.3 cm³/mol. The largest absolute Gasteiger partial charge is 0.480 e. The summed E-state index contributed by atoms with van der Waals surface area (Å²) in [6, 6.07) is 3.14. The van der Waals surface area contributed by atoms with Crippen LogP contribution in [-0.2, 0) is 0 Å². The van der Waals surface area contributed by atoms with Crippen molar-refractivity contribution in [3.8, 4) is 16.5 Å². The van der Waals surface area contributed by atoms with Gasteiger partial charge in [-0.25, -0.2) is 4.79 Å². The first kappa shape index (κ1) is 9.72. The summed E-state index contributed by atoms with van der Waals surface area (Å²) >= 11 is 1.19. The molecule has 5 nitrogen and oxygen atoms in total. The van der Waals surface area contributed by atoms with Crippen LogP contribution in [-0.4, -0.2) is 22.6 Å². The van der Waals surface area contributed by atoms with Gasteiger partial charge in [0.15, 0.2) is 0 Å². The number of carbonyl (C=O) groups is 1. The number of carboxylic acids is 1. The zero-order valence-electron chi connectivity index (χ0n) is 7.76. The summed E-state index contributed by atoms with van der Waals surface area (Å²) in [5.74, 6) is -0.0436. The number of hydrogen-bond acceptors (Lipinski definition) is 5. The predicted octanol–water partition coefficient (Wildman–Crippen LogP) is 2.11. The molecular formula is C9H7NO4S. The number of hydrogen-bond donors (Lipinski definition) is 1. The molecule has 2 rings (SSSR count). The molecule has 2 aromatic rings. The maximum absolute atomic E-state index is 10.6. The topological polar surface area (TPSA) is 72.6 Å². The maximum Gasteiger partial charge on any atom is 0.338 e. The Morgan fingerprint density at radius 2 is 2.40 bits per heavy atom. The van der Waals surface area contributed by atoms with Crippen molar-refractivity contribution in [3.05, 3.63) is 24.0 Å². The van der Waals surface area contributed by atoms with Crippen molar-refractivity contribution in [2.75, 3.05) is 7.11 Å². The lowest BCUT2D eigenvalue weighted by Gasteiger charge is -1.87. The van der Waals surface area contributed by atoms with E-state index in [2.05, 4.69) is 4.37 Å². The van der Waals surface area contributed by atoms with Crippen molar-refractivity contribution >= 4 is 17.5 Å². The lowest BCUT2D eigenvalue weighted by molar-refractivity contribution is 0.0696. The molecule has 0 unspecified atom stereocenters. The highest BCUT2D eigenvalue weighted by atomic mass is 32.1. The van der Waals surface area contributed by atoms with E-state index in [-0.39, 0.29) is 5.56 Å². The molecule has 0 atom stereocenters. The van der Waals surface area contributed by atoms with Crippen molar-refractivity contribution < 1.29 is 19.1 Å². The first-order valence-corrected chi connectivity index (χ1v) is 4.81. The van der Waals surface area contributed by atoms with Gasteiger partial charge in [0, 0.05) is 6.07 Å². The fourth-order valence-electron chi connectivity index (χ4n) is 1.05. The van der Waals surface area contributed by atoms with Gasteiger partial charge in [-0.1, -0.05) is 0 Å². The average molecular weight is 225 g/mol. The number of aromatic nitrogens is 1.